The van der Waals surface area contributed by atoms with Gasteiger partial charge in [0.25, 0.3) is 0 Å². The summed E-state index contributed by atoms with van der Waals surface area (Å²) in [4.78, 5) is 1.62. The number of rotatable bonds is 7. The van der Waals surface area contributed by atoms with Gasteiger partial charge < -0.3 is 10.6 Å². The van der Waals surface area contributed by atoms with E-state index in [-0.39, 0.29) is 4.90 Å². The zero-order valence-electron chi connectivity index (χ0n) is 10.7. The first-order valence-corrected chi connectivity index (χ1v) is 7.55. The van der Waals surface area contributed by atoms with Crippen LogP contribution in [0.3, 0.4) is 0 Å². The molecule has 0 aliphatic rings. The first kappa shape index (κ1) is 15.8. The Balaban J connectivity index is 2.98. The maximum Gasteiger partial charge on any atom is 0.341 e. The molecule has 0 atom stereocenters. The Morgan fingerprint density at radius 3 is 2.21 bits per heavy atom. The summed E-state index contributed by atoms with van der Waals surface area (Å²) in [6.07, 6.45) is 0.914. The van der Waals surface area contributed by atoms with E-state index in [1.165, 1.54) is 24.3 Å². The Bertz CT molecular complexity index is 483. The quantitative estimate of drug-likeness (QED) is 0.833. The minimum Gasteiger partial charge on any atom is -0.370 e. The largest absolute Gasteiger partial charge is 0.370 e. The fourth-order valence-corrected chi connectivity index (χ4v) is 2.47. The van der Waals surface area contributed by atoms with Gasteiger partial charge in [0.2, 0.25) is 9.84 Å². The van der Waals surface area contributed by atoms with Crippen LogP contribution in [0.1, 0.15) is 13.3 Å². The Morgan fingerprint density at radius 2 is 1.79 bits per heavy atom. The molecule has 0 aliphatic carbocycles. The summed E-state index contributed by atoms with van der Waals surface area (Å²) in [7, 11) is -4.52. The van der Waals surface area contributed by atoms with Gasteiger partial charge in [-0.3, -0.25) is 0 Å². The molecule has 0 saturated heterocycles. The van der Waals surface area contributed by atoms with Gasteiger partial charge in [-0.25, -0.2) is 8.42 Å². The van der Waals surface area contributed by atoms with Crippen molar-refractivity contribution in [2.45, 2.75) is 24.0 Å². The van der Waals surface area contributed by atoms with Crippen LogP contribution in [-0.4, -0.2) is 33.8 Å². The molecule has 108 valence electrons. The van der Waals surface area contributed by atoms with E-state index in [0.717, 1.165) is 18.7 Å². The van der Waals surface area contributed by atoms with Gasteiger partial charge in [-0.15, -0.1) is 0 Å². The van der Waals surface area contributed by atoms with E-state index in [9.17, 15) is 17.2 Å². The Kier molecular flexibility index (Phi) is 5.68. The number of benzene rings is 1. The third-order valence-electron chi connectivity index (χ3n) is 2.66. The van der Waals surface area contributed by atoms with Crippen molar-refractivity contribution in [3.8, 4) is 0 Å². The van der Waals surface area contributed by atoms with E-state index in [4.69, 9.17) is 5.73 Å². The number of anilines is 1. The Morgan fingerprint density at radius 1 is 1.21 bits per heavy atom. The molecule has 0 spiro atoms. The van der Waals surface area contributed by atoms with E-state index in [1.807, 2.05) is 11.8 Å². The summed E-state index contributed by atoms with van der Waals surface area (Å²) < 4.78 is 47.3. The van der Waals surface area contributed by atoms with E-state index in [1.54, 1.807) is 0 Å². The van der Waals surface area contributed by atoms with E-state index >= 15 is 0 Å². The number of nitrogens with zero attached hydrogens (tertiary/aromatic N) is 1. The van der Waals surface area contributed by atoms with Crippen LogP contribution in [0, 0.1) is 0 Å². The fourth-order valence-electron chi connectivity index (χ4n) is 1.75. The number of alkyl halides is 2. The van der Waals surface area contributed by atoms with Crippen molar-refractivity contribution in [1.29, 1.82) is 0 Å². The van der Waals surface area contributed by atoms with E-state index in [0.29, 0.717) is 13.1 Å². The van der Waals surface area contributed by atoms with Crippen molar-refractivity contribution in [3.05, 3.63) is 24.3 Å². The van der Waals surface area contributed by atoms with Crippen molar-refractivity contribution >= 4 is 15.5 Å². The molecule has 0 fully saturated rings. The third kappa shape index (κ3) is 3.87. The van der Waals surface area contributed by atoms with Crippen LogP contribution < -0.4 is 10.6 Å². The third-order valence-corrected chi connectivity index (χ3v) is 4.06. The second kappa shape index (κ2) is 6.81. The van der Waals surface area contributed by atoms with Crippen LogP contribution in [0.4, 0.5) is 14.5 Å². The normalized spacial score (nSPS) is 11.8. The minimum absolute atomic E-state index is 0.365. The molecule has 2 N–H and O–H groups in total. The predicted molar refractivity (Wildman–Crippen MR) is 71.2 cm³/mol. The topological polar surface area (TPSA) is 63.4 Å². The fraction of sp³-hybridized carbons (Fsp3) is 0.500. The SMILES string of the molecule is CCCN(CCN)c1ccc(S(=O)(=O)C(F)F)cc1. The Hall–Kier alpha value is -1.21. The lowest BCUT2D eigenvalue weighted by atomic mass is 10.2. The standard InChI is InChI=1S/C12H18F2N2O2S/c1-2-8-16(9-7-15)10-3-5-11(6-4-10)19(17,18)12(13)14/h3-6,12H,2,7-9,15H2,1H3. The number of nitrogens with two attached hydrogens (primary N) is 1. The van der Waals surface area contributed by atoms with Crippen molar-refractivity contribution in [1.82, 2.24) is 0 Å². The molecule has 0 unspecified atom stereocenters. The predicted octanol–water partition coefficient (Wildman–Crippen LogP) is 1.86. The monoisotopic (exact) mass is 292 g/mol. The van der Waals surface area contributed by atoms with Gasteiger partial charge in [-0.2, -0.15) is 8.78 Å². The van der Waals surface area contributed by atoms with E-state index < -0.39 is 15.6 Å². The van der Waals surface area contributed by atoms with Crippen LogP contribution in [0.5, 0.6) is 0 Å². The zero-order chi connectivity index (χ0) is 14.5. The molecule has 0 aromatic heterocycles. The van der Waals surface area contributed by atoms with Crippen molar-refractivity contribution < 1.29 is 17.2 Å². The van der Waals surface area contributed by atoms with Gasteiger partial charge in [0.1, 0.15) is 0 Å². The van der Waals surface area contributed by atoms with Crippen molar-refractivity contribution in [2.24, 2.45) is 5.73 Å². The van der Waals surface area contributed by atoms with E-state index in [2.05, 4.69) is 0 Å². The highest BCUT2D eigenvalue weighted by Gasteiger charge is 2.26. The molecule has 1 rings (SSSR count). The van der Waals surface area contributed by atoms with Crippen LogP contribution in [0.25, 0.3) is 0 Å². The van der Waals surface area contributed by atoms with Gasteiger partial charge in [0, 0.05) is 25.3 Å². The average molecular weight is 292 g/mol. The average Bonchev–Trinajstić information content (AvgIpc) is 2.38. The van der Waals surface area contributed by atoms with Crippen LogP contribution >= 0.6 is 0 Å². The molecule has 1 aromatic carbocycles. The van der Waals surface area contributed by atoms with Crippen molar-refractivity contribution in [3.63, 3.8) is 0 Å². The molecular weight excluding hydrogens is 274 g/mol. The van der Waals surface area contributed by atoms with Crippen LogP contribution in [-0.2, 0) is 9.84 Å². The second-order valence-corrected chi connectivity index (χ2v) is 5.99. The van der Waals surface area contributed by atoms with Crippen molar-refractivity contribution in [2.75, 3.05) is 24.5 Å². The number of hydrogen-bond donors (Lipinski definition) is 1. The van der Waals surface area contributed by atoms with Gasteiger partial charge >= 0.3 is 5.76 Å². The second-order valence-electron chi connectivity index (χ2n) is 4.08. The van der Waals surface area contributed by atoms with Crippen LogP contribution in [0.15, 0.2) is 29.2 Å². The highest BCUT2D eigenvalue weighted by molar-refractivity contribution is 7.91. The van der Waals surface area contributed by atoms with Gasteiger partial charge in [-0.05, 0) is 30.7 Å². The molecule has 0 amide bonds. The van der Waals surface area contributed by atoms with Gasteiger partial charge in [0.15, 0.2) is 0 Å². The molecule has 7 heteroatoms. The molecule has 0 heterocycles. The summed E-state index contributed by atoms with van der Waals surface area (Å²) in [5, 5.41) is 0. The number of hydrogen-bond acceptors (Lipinski definition) is 4. The summed E-state index contributed by atoms with van der Waals surface area (Å²) in [6.45, 7) is 3.89. The molecule has 0 radical (unpaired) electrons. The molecule has 0 saturated carbocycles. The maximum atomic E-state index is 12.4. The summed E-state index contributed by atoms with van der Waals surface area (Å²) in [6, 6.07) is 5.47. The zero-order valence-corrected chi connectivity index (χ0v) is 11.5. The van der Waals surface area contributed by atoms with Gasteiger partial charge in [-0.1, -0.05) is 6.92 Å². The molecule has 0 bridgehead atoms. The summed E-state index contributed by atoms with van der Waals surface area (Å²) in [5.74, 6) is -3.39. The minimum atomic E-state index is -4.52. The molecule has 0 aliphatic heterocycles. The number of sulfone groups is 1. The maximum absolute atomic E-state index is 12.4. The lowest BCUT2D eigenvalue weighted by Gasteiger charge is -2.23. The lowest BCUT2D eigenvalue weighted by Crippen LogP contribution is -2.30. The van der Waals surface area contributed by atoms with Crippen LogP contribution in [0.2, 0.25) is 0 Å². The Labute approximate surface area is 112 Å². The summed E-state index contributed by atoms with van der Waals surface area (Å²) >= 11 is 0. The van der Waals surface area contributed by atoms with Gasteiger partial charge in [0.05, 0.1) is 4.90 Å². The molecule has 1 aromatic rings. The molecule has 19 heavy (non-hydrogen) atoms. The summed E-state index contributed by atoms with van der Waals surface area (Å²) in [5.41, 5.74) is 6.28. The first-order valence-electron chi connectivity index (χ1n) is 6.00. The smallest absolute Gasteiger partial charge is 0.341 e. The lowest BCUT2D eigenvalue weighted by molar-refractivity contribution is 0.234. The number of halogens is 2. The first-order chi connectivity index (χ1) is 8.93. The molecule has 4 nitrogen and oxygen atoms in total. The highest BCUT2D eigenvalue weighted by Crippen LogP contribution is 2.22. The molecular formula is C12H18F2N2O2S. The highest BCUT2D eigenvalue weighted by atomic mass is 32.2.